The van der Waals surface area contributed by atoms with Crippen LogP contribution >= 0.6 is 0 Å². The molecular weight excluding hydrogens is 419 g/mol. The van der Waals surface area contributed by atoms with Crippen molar-refractivity contribution in [3.63, 3.8) is 0 Å². The molecule has 0 amide bonds. The Morgan fingerprint density at radius 3 is 2.42 bits per heavy atom. The summed E-state index contributed by atoms with van der Waals surface area (Å²) < 4.78 is 16.1. The molecule has 170 valence electrons. The van der Waals surface area contributed by atoms with Crippen LogP contribution in [0.25, 0.3) is 22.5 Å². The van der Waals surface area contributed by atoms with Gasteiger partial charge in [0.15, 0.2) is 0 Å². The van der Waals surface area contributed by atoms with Crippen LogP contribution < -0.4 is 11.3 Å². The summed E-state index contributed by atoms with van der Waals surface area (Å²) in [4.78, 5) is 18.4. The van der Waals surface area contributed by atoms with E-state index in [1.165, 1.54) is 12.1 Å². The summed E-state index contributed by atoms with van der Waals surface area (Å²) >= 11 is 0. The first-order valence-corrected chi connectivity index (χ1v) is 11.2. The zero-order valence-electron chi connectivity index (χ0n) is 18.6. The molecule has 0 spiro atoms. The number of rotatable bonds is 5. The Morgan fingerprint density at radius 1 is 1.15 bits per heavy atom. The molecule has 1 aromatic heterocycles. The van der Waals surface area contributed by atoms with Gasteiger partial charge in [-0.3, -0.25) is 4.79 Å². The molecule has 1 aliphatic rings. The van der Waals surface area contributed by atoms with Crippen LogP contribution in [0.3, 0.4) is 0 Å². The normalized spacial score (nSPS) is 18.2. The van der Waals surface area contributed by atoms with Gasteiger partial charge in [-0.05, 0) is 44.7 Å². The second-order valence-corrected chi connectivity index (χ2v) is 8.66. The zero-order chi connectivity index (χ0) is 23.5. The number of nitrogens with two attached hydrogens (primary N) is 1. The lowest BCUT2D eigenvalue weighted by Gasteiger charge is -2.27. The molecule has 7 heteroatoms. The lowest BCUT2D eigenvalue weighted by Crippen LogP contribution is -2.33. The van der Waals surface area contributed by atoms with Crippen LogP contribution in [0.5, 0.6) is 0 Å². The van der Waals surface area contributed by atoms with Crippen LogP contribution in [0.2, 0.25) is 0 Å². The SMILES string of the molecule is Cc1ccc(-c2c(-c3ccc(C#N)c(F)c3)nc(C3CCC(N)CC3)c(=O)n2CCO)cc1. The highest BCUT2D eigenvalue weighted by Crippen LogP contribution is 2.35. The number of nitriles is 1. The standard InChI is InChI=1S/C26H27FN4O2/c1-16-2-4-18(5-3-16)25-23(19-6-7-20(15-28)22(27)14-19)30-24(26(33)31(25)12-13-32)17-8-10-21(29)11-9-17/h2-7,14,17,21,32H,8-13,29H2,1H3. The van der Waals surface area contributed by atoms with Crippen molar-refractivity contribution >= 4 is 0 Å². The van der Waals surface area contributed by atoms with Gasteiger partial charge in [0, 0.05) is 29.6 Å². The molecule has 0 atom stereocenters. The molecule has 0 radical (unpaired) electrons. The highest BCUT2D eigenvalue weighted by molar-refractivity contribution is 5.79. The molecule has 6 nitrogen and oxygen atoms in total. The van der Waals surface area contributed by atoms with E-state index in [4.69, 9.17) is 16.0 Å². The van der Waals surface area contributed by atoms with Gasteiger partial charge in [0.05, 0.1) is 23.6 Å². The van der Waals surface area contributed by atoms with Crippen molar-refractivity contribution < 1.29 is 9.50 Å². The first kappa shape index (κ1) is 22.8. The minimum atomic E-state index is -0.642. The molecule has 3 N–H and O–H groups in total. The average molecular weight is 447 g/mol. The highest BCUT2D eigenvalue weighted by atomic mass is 19.1. The van der Waals surface area contributed by atoms with E-state index in [1.807, 2.05) is 37.3 Å². The Labute approximate surface area is 192 Å². The summed E-state index contributed by atoms with van der Waals surface area (Å²) in [5, 5.41) is 18.9. The molecule has 1 aliphatic carbocycles. The van der Waals surface area contributed by atoms with Gasteiger partial charge in [0.1, 0.15) is 17.6 Å². The van der Waals surface area contributed by atoms with E-state index in [-0.39, 0.29) is 36.2 Å². The second-order valence-electron chi connectivity index (χ2n) is 8.66. The lowest BCUT2D eigenvalue weighted by atomic mass is 9.84. The van der Waals surface area contributed by atoms with E-state index < -0.39 is 5.82 Å². The van der Waals surface area contributed by atoms with E-state index in [0.717, 1.165) is 36.8 Å². The smallest absolute Gasteiger partial charge is 0.273 e. The molecule has 0 aliphatic heterocycles. The molecule has 1 saturated carbocycles. The summed E-state index contributed by atoms with van der Waals surface area (Å²) in [5.74, 6) is -0.687. The van der Waals surface area contributed by atoms with Crippen LogP contribution in [0.4, 0.5) is 4.39 Å². The van der Waals surface area contributed by atoms with Crippen molar-refractivity contribution in [1.82, 2.24) is 9.55 Å². The number of benzene rings is 2. The topological polar surface area (TPSA) is 105 Å². The van der Waals surface area contributed by atoms with Crippen molar-refractivity contribution in [3.05, 3.63) is 75.5 Å². The molecule has 0 saturated heterocycles. The maximum Gasteiger partial charge on any atom is 0.273 e. The molecule has 2 aromatic carbocycles. The molecule has 0 bridgehead atoms. The fourth-order valence-corrected chi connectivity index (χ4v) is 4.52. The van der Waals surface area contributed by atoms with Crippen molar-refractivity contribution in [1.29, 1.82) is 5.26 Å². The Bertz CT molecular complexity index is 1250. The van der Waals surface area contributed by atoms with Crippen molar-refractivity contribution in [2.75, 3.05) is 6.61 Å². The van der Waals surface area contributed by atoms with E-state index in [2.05, 4.69) is 0 Å². The van der Waals surface area contributed by atoms with Gasteiger partial charge in [0.2, 0.25) is 0 Å². The first-order valence-electron chi connectivity index (χ1n) is 11.2. The molecule has 1 fully saturated rings. The number of nitrogens with zero attached hydrogens (tertiary/aromatic N) is 3. The van der Waals surface area contributed by atoms with Crippen molar-refractivity contribution in [3.8, 4) is 28.6 Å². The number of halogens is 1. The fraction of sp³-hybridized carbons (Fsp3) is 0.346. The zero-order valence-corrected chi connectivity index (χ0v) is 18.6. The molecular formula is C26H27FN4O2. The lowest BCUT2D eigenvalue weighted by molar-refractivity contribution is 0.274. The predicted molar refractivity (Wildman–Crippen MR) is 125 cm³/mol. The quantitative estimate of drug-likeness (QED) is 0.619. The summed E-state index contributed by atoms with van der Waals surface area (Å²) in [6, 6.07) is 14.0. The Kier molecular flexibility index (Phi) is 6.68. The van der Waals surface area contributed by atoms with Gasteiger partial charge in [-0.1, -0.05) is 35.9 Å². The third-order valence-corrected chi connectivity index (χ3v) is 6.36. The minimum Gasteiger partial charge on any atom is -0.395 e. The predicted octanol–water partition coefficient (Wildman–Crippen LogP) is 3.87. The van der Waals surface area contributed by atoms with E-state index >= 15 is 0 Å². The number of hydrogen-bond donors (Lipinski definition) is 2. The Balaban J connectivity index is 2.00. The van der Waals surface area contributed by atoms with Gasteiger partial charge in [-0.2, -0.15) is 5.26 Å². The second kappa shape index (κ2) is 9.65. The molecule has 33 heavy (non-hydrogen) atoms. The summed E-state index contributed by atoms with van der Waals surface area (Å²) in [7, 11) is 0. The van der Waals surface area contributed by atoms with Gasteiger partial charge in [-0.25, -0.2) is 9.37 Å². The van der Waals surface area contributed by atoms with Gasteiger partial charge >= 0.3 is 0 Å². The van der Waals surface area contributed by atoms with Gasteiger partial charge in [-0.15, -0.1) is 0 Å². The molecule has 1 heterocycles. The first-order chi connectivity index (χ1) is 15.9. The summed E-state index contributed by atoms with van der Waals surface area (Å²) in [6.45, 7) is 1.84. The Hall–Kier alpha value is -3.34. The third kappa shape index (κ3) is 4.58. The average Bonchev–Trinajstić information content (AvgIpc) is 2.81. The Morgan fingerprint density at radius 2 is 1.82 bits per heavy atom. The number of aliphatic hydroxyl groups is 1. The molecule has 3 aromatic rings. The number of hydrogen-bond acceptors (Lipinski definition) is 5. The van der Waals surface area contributed by atoms with Crippen LogP contribution in [0, 0.1) is 24.1 Å². The molecule has 0 unspecified atom stereocenters. The maximum absolute atomic E-state index is 14.6. The maximum atomic E-state index is 14.6. The van der Waals surface area contributed by atoms with Crippen molar-refractivity contribution in [2.45, 2.75) is 51.1 Å². The van der Waals surface area contributed by atoms with Crippen molar-refractivity contribution in [2.24, 2.45) is 5.73 Å². The van der Waals surface area contributed by atoms with Gasteiger partial charge < -0.3 is 15.4 Å². The third-order valence-electron chi connectivity index (χ3n) is 6.36. The highest BCUT2D eigenvalue weighted by Gasteiger charge is 2.27. The van der Waals surface area contributed by atoms with Crippen LogP contribution in [0.1, 0.15) is 48.4 Å². The fourth-order valence-electron chi connectivity index (χ4n) is 4.52. The van der Waals surface area contributed by atoms with Crippen LogP contribution in [0.15, 0.2) is 47.3 Å². The molecule has 4 rings (SSSR count). The van der Waals surface area contributed by atoms with E-state index in [0.29, 0.717) is 22.6 Å². The van der Waals surface area contributed by atoms with E-state index in [9.17, 15) is 14.3 Å². The van der Waals surface area contributed by atoms with Crippen LogP contribution in [-0.4, -0.2) is 27.3 Å². The van der Waals surface area contributed by atoms with Crippen LogP contribution in [-0.2, 0) is 6.54 Å². The summed E-state index contributed by atoms with van der Waals surface area (Å²) in [6.07, 6.45) is 3.14. The van der Waals surface area contributed by atoms with Gasteiger partial charge in [0.25, 0.3) is 5.56 Å². The monoisotopic (exact) mass is 446 g/mol. The number of aryl methyl sites for hydroxylation is 1. The minimum absolute atomic E-state index is 0.0451. The summed E-state index contributed by atoms with van der Waals surface area (Å²) in [5.41, 5.74) is 9.45. The largest absolute Gasteiger partial charge is 0.395 e. The number of aliphatic hydroxyl groups excluding tert-OH is 1. The van der Waals surface area contributed by atoms with E-state index in [1.54, 1.807) is 10.6 Å². The number of aromatic nitrogens is 2.